The summed E-state index contributed by atoms with van der Waals surface area (Å²) in [5.74, 6) is 0.0428. The Labute approximate surface area is 152 Å². The smallest absolute Gasteiger partial charge is 0.494 e. The van der Waals surface area contributed by atoms with Crippen LogP contribution in [0.25, 0.3) is 11.1 Å². The first-order valence-corrected chi connectivity index (χ1v) is 9.53. The Kier molecular flexibility index (Phi) is 4.90. The highest BCUT2D eigenvalue weighted by Crippen LogP contribution is 2.36. The standard InChI is InChI=1S/C19H23BO4S/c1-18(2)19(3,4)24-20(23-18)17-11-9-16(10-12-17)15-7-5-14(6-8-15)13-25(21)22/h5-12H,13H2,1-4H3,(H,21,22)/p-1. The number of benzene rings is 2. The zero-order valence-electron chi connectivity index (χ0n) is 14.9. The largest absolute Gasteiger partial charge is 0.772 e. The molecule has 4 nitrogen and oxygen atoms in total. The molecular weight excluding hydrogens is 335 g/mol. The van der Waals surface area contributed by atoms with Crippen LogP contribution in [0.1, 0.15) is 33.3 Å². The van der Waals surface area contributed by atoms with E-state index < -0.39 is 11.1 Å². The topological polar surface area (TPSA) is 58.6 Å². The summed E-state index contributed by atoms with van der Waals surface area (Å²) in [6, 6.07) is 15.6. The van der Waals surface area contributed by atoms with E-state index in [1.54, 1.807) is 0 Å². The quantitative estimate of drug-likeness (QED) is 0.623. The van der Waals surface area contributed by atoms with Gasteiger partial charge in [0.15, 0.2) is 0 Å². The molecule has 0 aliphatic carbocycles. The minimum Gasteiger partial charge on any atom is -0.772 e. The molecule has 25 heavy (non-hydrogen) atoms. The van der Waals surface area contributed by atoms with Crippen molar-refractivity contribution >= 4 is 23.7 Å². The zero-order valence-corrected chi connectivity index (χ0v) is 15.8. The third kappa shape index (κ3) is 3.87. The van der Waals surface area contributed by atoms with Gasteiger partial charge >= 0.3 is 7.12 Å². The van der Waals surface area contributed by atoms with Gasteiger partial charge in [0.2, 0.25) is 0 Å². The van der Waals surface area contributed by atoms with Gasteiger partial charge in [0, 0.05) is 5.75 Å². The van der Waals surface area contributed by atoms with Gasteiger partial charge in [-0.05, 0) is 49.8 Å². The van der Waals surface area contributed by atoms with E-state index in [1.165, 1.54) is 0 Å². The van der Waals surface area contributed by atoms with Crippen LogP contribution in [0.5, 0.6) is 0 Å². The van der Waals surface area contributed by atoms with Crippen molar-refractivity contribution in [3.8, 4) is 11.1 Å². The van der Waals surface area contributed by atoms with Gasteiger partial charge in [-0.15, -0.1) is 0 Å². The van der Waals surface area contributed by atoms with Gasteiger partial charge < -0.3 is 13.9 Å². The predicted octanol–water partition coefficient (Wildman–Crippen LogP) is 3.03. The maximum absolute atomic E-state index is 10.8. The molecule has 0 aromatic heterocycles. The second-order valence-electron chi connectivity index (χ2n) is 7.36. The van der Waals surface area contributed by atoms with Crippen molar-refractivity contribution in [2.75, 3.05) is 0 Å². The first-order chi connectivity index (χ1) is 11.7. The summed E-state index contributed by atoms with van der Waals surface area (Å²) >= 11 is -2.06. The van der Waals surface area contributed by atoms with E-state index in [-0.39, 0.29) is 24.1 Å². The number of rotatable bonds is 4. The van der Waals surface area contributed by atoms with E-state index in [0.29, 0.717) is 0 Å². The number of hydrogen-bond acceptors (Lipinski definition) is 4. The van der Waals surface area contributed by atoms with Crippen molar-refractivity contribution in [2.45, 2.75) is 44.6 Å². The minimum absolute atomic E-state index is 0.0428. The molecule has 1 unspecified atom stereocenters. The summed E-state index contributed by atoms with van der Waals surface area (Å²) in [4.78, 5) is 0. The molecule has 0 bridgehead atoms. The van der Waals surface area contributed by atoms with Crippen LogP contribution in [0.3, 0.4) is 0 Å². The second-order valence-corrected chi connectivity index (χ2v) is 8.25. The van der Waals surface area contributed by atoms with Crippen LogP contribution in [0.2, 0.25) is 0 Å². The van der Waals surface area contributed by atoms with Gasteiger partial charge in [0.1, 0.15) is 0 Å². The average molecular weight is 357 g/mol. The Morgan fingerprint density at radius 1 is 0.880 bits per heavy atom. The molecule has 2 aromatic rings. The molecule has 0 radical (unpaired) electrons. The Morgan fingerprint density at radius 3 is 1.76 bits per heavy atom. The van der Waals surface area contributed by atoms with Crippen molar-refractivity contribution in [1.29, 1.82) is 0 Å². The fourth-order valence-electron chi connectivity index (χ4n) is 2.74. The highest BCUT2D eigenvalue weighted by atomic mass is 32.2. The molecule has 1 aliphatic heterocycles. The van der Waals surface area contributed by atoms with Crippen molar-refractivity contribution in [2.24, 2.45) is 0 Å². The summed E-state index contributed by atoms with van der Waals surface area (Å²) in [5.41, 5.74) is 3.17. The summed E-state index contributed by atoms with van der Waals surface area (Å²) < 4.78 is 33.6. The monoisotopic (exact) mass is 357 g/mol. The molecule has 3 rings (SSSR count). The van der Waals surface area contributed by atoms with Crippen molar-refractivity contribution in [1.82, 2.24) is 0 Å². The maximum Gasteiger partial charge on any atom is 0.494 e. The van der Waals surface area contributed by atoms with Crippen LogP contribution >= 0.6 is 0 Å². The first-order valence-electron chi connectivity index (χ1n) is 8.29. The molecule has 0 saturated carbocycles. The van der Waals surface area contributed by atoms with Crippen LogP contribution in [0.15, 0.2) is 48.5 Å². The molecular formula is C19H22BO4S-. The highest BCUT2D eigenvalue weighted by Gasteiger charge is 2.51. The molecule has 1 fully saturated rings. The summed E-state index contributed by atoms with van der Waals surface area (Å²) in [6.45, 7) is 8.16. The zero-order chi connectivity index (χ0) is 18.2. The van der Waals surface area contributed by atoms with Gasteiger partial charge in [-0.1, -0.05) is 59.6 Å². The van der Waals surface area contributed by atoms with Crippen LogP contribution in [-0.2, 0) is 26.1 Å². The van der Waals surface area contributed by atoms with Crippen LogP contribution in [0, 0.1) is 0 Å². The lowest BCUT2D eigenvalue weighted by Gasteiger charge is -2.32. The number of hydrogen-bond donors (Lipinski definition) is 0. The maximum atomic E-state index is 10.8. The fourth-order valence-corrected chi connectivity index (χ4v) is 3.21. The Hall–Kier alpha value is -1.47. The molecule has 1 heterocycles. The second kappa shape index (κ2) is 6.69. The summed E-state index contributed by atoms with van der Waals surface area (Å²) in [5, 5.41) is 0. The fraction of sp³-hybridized carbons (Fsp3) is 0.368. The van der Waals surface area contributed by atoms with E-state index in [1.807, 2.05) is 76.2 Å². The van der Waals surface area contributed by atoms with Crippen LogP contribution in [-0.4, -0.2) is 27.1 Å². The lowest BCUT2D eigenvalue weighted by Crippen LogP contribution is -2.41. The van der Waals surface area contributed by atoms with Crippen molar-refractivity contribution in [3.63, 3.8) is 0 Å². The molecule has 1 atom stereocenters. The molecule has 1 aliphatic rings. The molecule has 0 amide bonds. The Morgan fingerprint density at radius 2 is 1.32 bits per heavy atom. The Balaban J connectivity index is 1.76. The summed E-state index contributed by atoms with van der Waals surface area (Å²) in [7, 11) is -0.367. The molecule has 0 N–H and O–H groups in total. The lowest BCUT2D eigenvalue weighted by atomic mass is 9.78. The van der Waals surface area contributed by atoms with Crippen LogP contribution in [0.4, 0.5) is 0 Å². The molecule has 2 aromatic carbocycles. The average Bonchev–Trinajstić information content (AvgIpc) is 2.76. The highest BCUT2D eigenvalue weighted by molar-refractivity contribution is 7.78. The minimum atomic E-state index is -2.06. The SMILES string of the molecule is CC1(C)OB(c2ccc(-c3ccc(CS(=O)[O-])cc3)cc2)OC1(C)C. The lowest BCUT2D eigenvalue weighted by molar-refractivity contribution is 0.00578. The van der Waals surface area contributed by atoms with E-state index in [4.69, 9.17) is 9.31 Å². The Bertz CT molecular complexity index is 753. The third-order valence-corrected chi connectivity index (χ3v) is 5.58. The third-order valence-electron chi connectivity index (χ3n) is 5.01. The molecule has 0 spiro atoms. The first kappa shape index (κ1) is 18.3. The van der Waals surface area contributed by atoms with Crippen LogP contribution < -0.4 is 5.46 Å². The van der Waals surface area contributed by atoms with E-state index >= 15 is 0 Å². The van der Waals surface area contributed by atoms with Gasteiger partial charge in [-0.2, -0.15) is 0 Å². The van der Waals surface area contributed by atoms with E-state index in [0.717, 1.165) is 22.2 Å². The van der Waals surface area contributed by atoms with Gasteiger partial charge in [0.05, 0.1) is 11.2 Å². The normalized spacial score (nSPS) is 19.8. The van der Waals surface area contributed by atoms with Gasteiger partial charge in [-0.25, -0.2) is 0 Å². The van der Waals surface area contributed by atoms with E-state index in [9.17, 15) is 8.76 Å². The van der Waals surface area contributed by atoms with Gasteiger partial charge in [0.25, 0.3) is 0 Å². The predicted molar refractivity (Wildman–Crippen MR) is 100 cm³/mol. The van der Waals surface area contributed by atoms with Gasteiger partial charge in [-0.3, -0.25) is 4.21 Å². The van der Waals surface area contributed by atoms with Crippen molar-refractivity contribution in [3.05, 3.63) is 54.1 Å². The summed E-state index contributed by atoms with van der Waals surface area (Å²) in [6.07, 6.45) is 0. The van der Waals surface area contributed by atoms with Crippen molar-refractivity contribution < 1.29 is 18.1 Å². The van der Waals surface area contributed by atoms with E-state index in [2.05, 4.69) is 0 Å². The molecule has 132 valence electrons. The molecule has 1 saturated heterocycles. The molecule has 6 heteroatoms.